The van der Waals surface area contributed by atoms with Crippen molar-refractivity contribution in [2.45, 2.75) is 18.9 Å². The van der Waals surface area contributed by atoms with Crippen LogP contribution in [0.15, 0.2) is 24.5 Å². The van der Waals surface area contributed by atoms with E-state index in [-0.39, 0.29) is 0 Å². The van der Waals surface area contributed by atoms with Crippen molar-refractivity contribution in [3.05, 3.63) is 30.1 Å². The van der Waals surface area contributed by atoms with Crippen LogP contribution >= 0.6 is 0 Å². The van der Waals surface area contributed by atoms with Gasteiger partial charge in [0.25, 0.3) is 0 Å². The summed E-state index contributed by atoms with van der Waals surface area (Å²) in [6.45, 7) is 1.99. The minimum atomic E-state index is 0.494. The molecule has 2 aromatic rings. The van der Waals surface area contributed by atoms with Gasteiger partial charge in [0.1, 0.15) is 5.65 Å². The molecule has 0 unspecified atom stereocenters. The summed E-state index contributed by atoms with van der Waals surface area (Å²) < 4.78 is 0. The number of pyridine rings is 1. The Labute approximate surface area is 135 Å². The molecule has 1 fully saturated rings. The second-order valence-electron chi connectivity index (χ2n) is 5.76. The van der Waals surface area contributed by atoms with Crippen LogP contribution in [0.4, 0.5) is 5.69 Å². The number of fused-ring (bicyclic) bond motifs is 1. The van der Waals surface area contributed by atoms with Gasteiger partial charge in [-0.25, -0.2) is 4.98 Å². The van der Waals surface area contributed by atoms with Gasteiger partial charge in [-0.3, -0.25) is 0 Å². The Morgan fingerprint density at radius 3 is 3.09 bits per heavy atom. The van der Waals surface area contributed by atoms with Crippen LogP contribution in [0.25, 0.3) is 16.6 Å². The lowest BCUT2D eigenvalue weighted by atomic mass is 10.0. The summed E-state index contributed by atoms with van der Waals surface area (Å²) >= 11 is 0. The minimum absolute atomic E-state index is 0.494. The molecule has 0 aromatic carbocycles. The number of H-pyrrole nitrogens is 1. The molecule has 23 heavy (non-hydrogen) atoms. The van der Waals surface area contributed by atoms with Gasteiger partial charge < -0.3 is 26.0 Å². The predicted molar refractivity (Wildman–Crippen MR) is 95.9 cm³/mol. The first-order valence-corrected chi connectivity index (χ1v) is 7.88. The summed E-state index contributed by atoms with van der Waals surface area (Å²) in [7, 11) is 2.01. The summed E-state index contributed by atoms with van der Waals surface area (Å²) in [6, 6.07) is 2.54. The summed E-state index contributed by atoms with van der Waals surface area (Å²) in [5.74, 6) is 0. The van der Waals surface area contributed by atoms with E-state index in [0.717, 1.165) is 41.8 Å². The summed E-state index contributed by atoms with van der Waals surface area (Å²) in [6.07, 6.45) is 10.2. The van der Waals surface area contributed by atoms with Crippen LogP contribution in [0.2, 0.25) is 0 Å². The van der Waals surface area contributed by atoms with Crippen molar-refractivity contribution in [3.8, 4) is 0 Å². The highest BCUT2D eigenvalue weighted by atomic mass is 15.2. The highest BCUT2D eigenvalue weighted by Gasteiger charge is 2.22. The number of aromatic amines is 1. The van der Waals surface area contributed by atoms with E-state index in [0.29, 0.717) is 11.6 Å². The second kappa shape index (κ2) is 6.75. The molecule has 1 atom stereocenters. The largest absolute Gasteiger partial charge is 0.369 e. The van der Waals surface area contributed by atoms with Gasteiger partial charge in [-0.1, -0.05) is 0 Å². The number of piperidine rings is 1. The van der Waals surface area contributed by atoms with Gasteiger partial charge in [0, 0.05) is 66.2 Å². The lowest BCUT2D eigenvalue weighted by Gasteiger charge is -2.34. The van der Waals surface area contributed by atoms with E-state index < -0.39 is 0 Å². The van der Waals surface area contributed by atoms with Crippen LogP contribution in [0.5, 0.6) is 0 Å². The molecule has 0 spiro atoms. The summed E-state index contributed by atoms with van der Waals surface area (Å²) in [5, 5.41) is 19.3. The van der Waals surface area contributed by atoms with E-state index in [2.05, 4.69) is 20.2 Å². The van der Waals surface area contributed by atoms with Crippen LogP contribution in [-0.2, 0) is 0 Å². The normalized spacial score (nSPS) is 19.1. The van der Waals surface area contributed by atoms with E-state index in [4.69, 9.17) is 10.8 Å². The Bertz CT molecular complexity index is 745. The van der Waals surface area contributed by atoms with Gasteiger partial charge in [0.15, 0.2) is 0 Å². The molecule has 4 N–H and O–H groups in total. The smallest absolute Gasteiger partial charge is 0.139 e. The molecule has 0 bridgehead atoms. The van der Waals surface area contributed by atoms with Gasteiger partial charge in [-0.2, -0.15) is 0 Å². The molecule has 6 nitrogen and oxygen atoms in total. The third-order valence-electron chi connectivity index (χ3n) is 4.45. The molecule has 0 amide bonds. The molecule has 6 heteroatoms. The fourth-order valence-corrected chi connectivity index (χ4v) is 3.27. The van der Waals surface area contributed by atoms with Crippen LogP contribution in [0.3, 0.4) is 0 Å². The standard InChI is InChI=1S/C17H22N6/c1-20-13-3-2-8-23(11-13)15-5-7-21-17-16(15)14(10-22-17)12(9-19)4-6-18/h4-7,9-10,13,18-20H,2-3,8,11H2,1H3,(H,21,22)/b12-4+,18-6?,19-9?/t13-/m0/s1. The number of nitrogens with one attached hydrogen (secondary N) is 4. The van der Waals surface area contributed by atoms with Gasteiger partial charge in [-0.05, 0) is 32.0 Å². The number of aromatic nitrogens is 2. The van der Waals surface area contributed by atoms with Crippen molar-refractivity contribution in [2.24, 2.45) is 0 Å². The van der Waals surface area contributed by atoms with Gasteiger partial charge >= 0.3 is 0 Å². The molecule has 0 saturated carbocycles. The SMILES string of the molecule is CN[C@H]1CCCN(c2ccnc3[nH]cc(/C(C=N)=C/C=N)c23)C1. The van der Waals surface area contributed by atoms with Crippen LogP contribution in [-0.4, -0.2) is 48.6 Å². The highest BCUT2D eigenvalue weighted by Crippen LogP contribution is 2.33. The number of allylic oxidation sites excluding steroid dienone is 2. The molecule has 1 aliphatic heterocycles. The first-order valence-electron chi connectivity index (χ1n) is 7.88. The maximum atomic E-state index is 7.64. The van der Waals surface area contributed by atoms with Gasteiger partial charge in [0.2, 0.25) is 0 Å². The molecule has 2 aromatic heterocycles. The van der Waals surface area contributed by atoms with Crippen molar-refractivity contribution >= 4 is 34.7 Å². The van der Waals surface area contributed by atoms with Crippen molar-refractivity contribution in [3.63, 3.8) is 0 Å². The summed E-state index contributed by atoms with van der Waals surface area (Å²) in [4.78, 5) is 10.00. The van der Waals surface area contributed by atoms with Gasteiger partial charge in [-0.15, -0.1) is 0 Å². The molecule has 0 aliphatic carbocycles. The Balaban J connectivity index is 2.10. The average molecular weight is 310 g/mol. The fraction of sp³-hybridized carbons (Fsp3) is 0.353. The average Bonchev–Trinajstić information content (AvgIpc) is 3.03. The maximum absolute atomic E-state index is 7.64. The maximum Gasteiger partial charge on any atom is 0.139 e. The Kier molecular flexibility index (Phi) is 4.52. The molecular weight excluding hydrogens is 288 g/mol. The van der Waals surface area contributed by atoms with E-state index in [1.165, 1.54) is 18.9 Å². The molecule has 3 heterocycles. The molecule has 1 aliphatic rings. The molecule has 120 valence electrons. The zero-order chi connectivity index (χ0) is 16.2. The van der Waals surface area contributed by atoms with Crippen molar-refractivity contribution in [1.82, 2.24) is 15.3 Å². The fourth-order valence-electron chi connectivity index (χ4n) is 3.27. The lowest BCUT2D eigenvalue weighted by molar-refractivity contribution is 0.450. The number of nitrogens with zero attached hydrogens (tertiary/aromatic N) is 2. The van der Waals surface area contributed by atoms with Crippen LogP contribution in [0.1, 0.15) is 18.4 Å². The van der Waals surface area contributed by atoms with Crippen molar-refractivity contribution < 1.29 is 0 Å². The first-order chi connectivity index (χ1) is 11.3. The van der Waals surface area contributed by atoms with Crippen molar-refractivity contribution in [2.75, 3.05) is 25.0 Å². The number of hydrogen-bond donors (Lipinski definition) is 4. The topological polar surface area (TPSA) is 91.7 Å². The number of rotatable bonds is 5. The minimum Gasteiger partial charge on any atom is -0.369 e. The van der Waals surface area contributed by atoms with E-state index in [1.54, 1.807) is 6.08 Å². The lowest BCUT2D eigenvalue weighted by Crippen LogP contribution is -2.44. The van der Waals surface area contributed by atoms with E-state index in [9.17, 15) is 0 Å². The second-order valence-corrected chi connectivity index (χ2v) is 5.76. The molecule has 0 radical (unpaired) electrons. The van der Waals surface area contributed by atoms with Crippen LogP contribution in [0, 0.1) is 10.8 Å². The number of hydrogen-bond acceptors (Lipinski definition) is 5. The third kappa shape index (κ3) is 2.90. The molecule has 1 saturated heterocycles. The van der Waals surface area contributed by atoms with E-state index in [1.807, 2.05) is 25.5 Å². The molecule has 3 rings (SSSR count). The Hall–Kier alpha value is -2.47. The highest BCUT2D eigenvalue weighted by molar-refractivity contribution is 6.18. The number of likely N-dealkylation sites (N-methyl/N-ethyl adjacent to an activating group) is 1. The quantitative estimate of drug-likeness (QED) is 0.639. The monoisotopic (exact) mass is 310 g/mol. The molecular formula is C17H22N6. The summed E-state index contributed by atoms with van der Waals surface area (Å²) in [5.41, 5.74) is 3.60. The predicted octanol–water partition coefficient (Wildman–Crippen LogP) is 2.43. The zero-order valence-electron chi connectivity index (χ0n) is 13.3. The third-order valence-corrected chi connectivity index (χ3v) is 4.45. The Morgan fingerprint density at radius 1 is 1.48 bits per heavy atom. The number of anilines is 1. The van der Waals surface area contributed by atoms with Crippen LogP contribution < -0.4 is 10.2 Å². The first kappa shape index (κ1) is 15.4. The van der Waals surface area contributed by atoms with Crippen molar-refractivity contribution in [1.29, 1.82) is 10.8 Å². The zero-order valence-corrected chi connectivity index (χ0v) is 13.3. The van der Waals surface area contributed by atoms with E-state index >= 15 is 0 Å². The Morgan fingerprint density at radius 2 is 2.35 bits per heavy atom. The van der Waals surface area contributed by atoms with Gasteiger partial charge in [0.05, 0.1) is 0 Å².